The Labute approximate surface area is 196 Å². The molecule has 2 aliphatic rings. The van der Waals surface area contributed by atoms with E-state index in [0.29, 0.717) is 31.5 Å². The van der Waals surface area contributed by atoms with E-state index in [2.05, 4.69) is 60.7 Å². The van der Waals surface area contributed by atoms with Gasteiger partial charge in [0.2, 0.25) is 0 Å². The fourth-order valence-electron chi connectivity index (χ4n) is 4.40. The van der Waals surface area contributed by atoms with Crippen LogP contribution >= 0.6 is 11.8 Å². The Hall–Kier alpha value is -2.18. The quantitative estimate of drug-likeness (QED) is 0.579. The first-order valence-electron chi connectivity index (χ1n) is 11.3. The Morgan fingerprint density at radius 1 is 1.09 bits per heavy atom. The van der Waals surface area contributed by atoms with Gasteiger partial charge in [-0.1, -0.05) is 18.2 Å². The molecule has 2 aliphatic heterocycles. The number of rotatable bonds is 5. The zero-order chi connectivity index (χ0) is 22.9. The van der Waals surface area contributed by atoms with E-state index in [4.69, 9.17) is 9.47 Å². The van der Waals surface area contributed by atoms with Gasteiger partial charge in [-0.15, -0.1) is 11.8 Å². The van der Waals surface area contributed by atoms with Gasteiger partial charge in [0.25, 0.3) is 0 Å². The Morgan fingerprint density at radius 3 is 2.47 bits per heavy atom. The van der Waals surface area contributed by atoms with Crippen molar-refractivity contribution in [2.75, 3.05) is 39.5 Å². The average Bonchev–Trinajstić information content (AvgIpc) is 2.70. The van der Waals surface area contributed by atoms with Crippen molar-refractivity contribution in [3.63, 3.8) is 0 Å². The van der Waals surface area contributed by atoms with Gasteiger partial charge in [-0.2, -0.15) is 0 Å². The summed E-state index contributed by atoms with van der Waals surface area (Å²) < 4.78 is 11.5. The molecule has 0 radical (unpaired) electrons. The van der Waals surface area contributed by atoms with Gasteiger partial charge in [0.1, 0.15) is 11.4 Å². The van der Waals surface area contributed by atoms with Crippen LogP contribution in [0.25, 0.3) is 0 Å². The van der Waals surface area contributed by atoms with Crippen molar-refractivity contribution in [3.8, 4) is 5.75 Å². The number of thioether (sulfide) groups is 1. The Morgan fingerprint density at radius 2 is 1.81 bits per heavy atom. The molecular formula is C26H34N2O3S. The monoisotopic (exact) mass is 454 g/mol. The van der Waals surface area contributed by atoms with Gasteiger partial charge in [-0.25, -0.2) is 4.79 Å². The van der Waals surface area contributed by atoms with Crippen LogP contribution in [0.3, 0.4) is 0 Å². The molecule has 1 atom stereocenters. The molecule has 32 heavy (non-hydrogen) atoms. The minimum atomic E-state index is -0.455. The molecule has 5 nitrogen and oxygen atoms in total. The standard InChI is InChI=1S/C26H34N2O3S/c1-26(2,3)31-25(29)28-13-18(14-28)17-30-21-8-11-23-20(12-21)15-27(4)16-24(23)19-6-9-22(32-5)10-7-19/h6-12,18,24H,13-17H2,1-5H3. The maximum Gasteiger partial charge on any atom is 0.410 e. The van der Waals surface area contributed by atoms with E-state index in [0.717, 1.165) is 18.8 Å². The number of likely N-dealkylation sites (N-methyl/N-ethyl adjacent to an activating group) is 1. The van der Waals surface area contributed by atoms with Crippen LogP contribution in [0.2, 0.25) is 0 Å². The molecule has 1 saturated heterocycles. The second-order valence-electron chi connectivity index (χ2n) is 9.95. The minimum absolute atomic E-state index is 0.234. The van der Waals surface area contributed by atoms with E-state index in [1.54, 1.807) is 16.7 Å². The number of ether oxygens (including phenoxy) is 2. The van der Waals surface area contributed by atoms with Crippen LogP contribution in [-0.2, 0) is 11.3 Å². The van der Waals surface area contributed by atoms with Crippen LogP contribution in [0.15, 0.2) is 47.4 Å². The van der Waals surface area contributed by atoms with Gasteiger partial charge >= 0.3 is 6.09 Å². The van der Waals surface area contributed by atoms with Crippen molar-refractivity contribution in [1.82, 2.24) is 9.80 Å². The van der Waals surface area contributed by atoms with E-state index in [1.807, 2.05) is 20.8 Å². The maximum absolute atomic E-state index is 12.1. The zero-order valence-corrected chi connectivity index (χ0v) is 20.6. The van der Waals surface area contributed by atoms with Crippen LogP contribution < -0.4 is 4.74 Å². The number of benzene rings is 2. The molecule has 1 fully saturated rings. The molecule has 0 saturated carbocycles. The molecule has 0 aliphatic carbocycles. The predicted octanol–water partition coefficient (Wildman–Crippen LogP) is 5.23. The van der Waals surface area contributed by atoms with E-state index >= 15 is 0 Å². The summed E-state index contributed by atoms with van der Waals surface area (Å²) in [5.74, 6) is 1.64. The molecule has 0 N–H and O–H groups in total. The number of carbonyl (C=O) groups is 1. The molecule has 6 heteroatoms. The summed E-state index contributed by atoms with van der Waals surface area (Å²) in [7, 11) is 2.18. The lowest BCUT2D eigenvalue weighted by molar-refractivity contribution is -0.00782. The maximum atomic E-state index is 12.1. The normalized spacial score (nSPS) is 19.3. The lowest BCUT2D eigenvalue weighted by atomic mass is 9.85. The van der Waals surface area contributed by atoms with Crippen LogP contribution in [0, 0.1) is 5.92 Å². The first-order valence-corrected chi connectivity index (χ1v) is 12.5. The largest absolute Gasteiger partial charge is 0.493 e. The molecule has 1 unspecified atom stereocenters. The summed E-state index contributed by atoms with van der Waals surface area (Å²) >= 11 is 1.77. The summed E-state index contributed by atoms with van der Waals surface area (Å²) in [5.41, 5.74) is 3.64. The van der Waals surface area contributed by atoms with Gasteiger partial charge in [-0.05, 0) is 75.0 Å². The van der Waals surface area contributed by atoms with Gasteiger partial charge in [0.15, 0.2) is 0 Å². The fourth-order valence-corrected chi connectivity index (χ4v) is 4.81. The van der Waals surface area contributed by atoms with Gasteiger partial charge < -0.3 is 19.3 Å². The molecule has 2 aromatic carbocycles. The Balaban J connectivity index is 1.36. The number of nitrogens with zero attached hydrogens (tertiary/aromatic N) is 2. The van der Waals surface area contributed by atoms with E-state index in [9.17, 15) is 4.79 Å². The Kier molecular flexibility index (Phi) is 6.72. The minimum Gasteiger partial charge on any atom is -0.493 e. The summed E-state index contributed by atoms with van der Waals surface area (Å²) in [6.45, 7) is 9.63. The first kappa shape index (κ1) is 23.0. The van der Waals surface area contributed by atoms with Crippen LogP contribution in [0.5, 0.6) is 5.75 Å². The number of likely N-dealkylation sites (tertiary alicyclic amines) is 1. The molecule has 2 heterocycles. The van der Waals surface area contributed by atoms with Crippen molar-refractivity contribution in [2.24, 2.45) is 5.92 Å². The fraction of sp³-hybridized carbons (Fsp3) is 0.500. The van der Waals surface area contributed by atoms with Crippen LogP contribution in [0.1, 0.15) is 43.4 Å². The number of hydrogen-bond donors (Lipinski definition) is 0. The predicted molar refractivity (Wildman–Crippen MR) is 130 cm³/mol. The van der Waals surface area contributed by atoms with Gasteiger partial charge in [0, 0.05) is 42.9 Å². The highest BCUT2D eigenvalue weighted by molar-refractivity contribution is 7.98. The van der Waals surface area contributed by atoms with Gasteiger partial charge in [-0.3, -0.25) is 0 Å². The third kappa shape index (κ3) is 5.41. The van der Waals surface area contributed by atoms with E-state index in [-0.39, 0.29) is 6.09 Å². The van der Waals surface area contributed by atoms with Crippen molar-refractivity contribution in [3.05, 3.63) is 59.2 Å². The van der Waals surface area contributed by atoms with Crippen molar-refractivity contribution in [1.29, 1.82) is 0 Å². The third-order valence-electron chi connectivity index (χ3n) is 6.04. The Bertz CT molecular complexity index is 949. The molecule has 4 rings (SSSR count). The van der Waals surface area contributed by atoms with Crippen molar-refractivity contribution < 1.29 is 14.3 Å². The second-order valence-corrected chi connectivity index (χ2v) is 10.8. The summed E-state index contributed by atoms with van der Waals surface area (Å²) in [5, 5.41) is 0. The lowest BCUT2D eigenvalue weighted by Gasteiger charge is -2.39. The smallest absolute Gasteiger partial charge is 0.410 e. The average molecular weight is 455 g/mol. The third-order valence-corrected chi connectivity index (χ3v) is 6.78. The number of hydrogen-bond acceptors (Lipinski definition) is 5. The number of amides is 1. The van der Waals surface area contributed by atoms with Crippen LogP contribution in [-0.4, -0.2) is 61.0 Å². The van der Waals surface area contributed by atoms with Crippen molar-refractivity contribution in [2.45, 2.75) is 43.7 Å². The molecular weight excluding hydrogens is 420 g/mol. The van der Waals surface area contributed by atoms with E-state index in [1.165, 1.54) is 21.6 Å². The molecule has 1 amide bonds. The van der Waals surface area contributed by atoms with Crippen LogP contribution in [0.4, 0.5) is 4.79 Å². The number of carbonyl (C=O) groups excluding carboxylic acids is 1. The molecule has 2 aromatic rings. The summed E-state index contributed by atoms with van der Waals surface area (Å²) in [4.78, 5) is 17.5. The topological polar surface area (TPSA) is 42.0 Å². The highest BCUT2D eigenvalue weighted by Crippen LogP contribution is 2.35. The van der Waals surface area contributed by atoms with E-state index < -0.39 is 5.60 Å². The molecule has 0 bridgehead atoms. The van der Waals surface area contributed by atoms with Gasteiger partial charge in [0.05, 0.1) is 6.61 Å². The molecule has 0 aromatic heterocycles. The highest BCUT2D eigenvalue weighted by atomic mass is 32.2. The summed E-state index contributed by atoms with van der Waals surface area (Å²) in [6, 6.07) is 15.5. The zero-order valence-electron chi connectivity index (χ0n) is 19.8. The highest BCUT2D eigenvalue weighted by Gasteiger charge is 2.34. The second kappa shape index (κ2) is 9.36. The SMILES string of the molecule is CSc1ccc(C2CN(C)Cc3cc(OCC4CN(C(=O)OC(C)(C)C)C4)ccc32)cc1. The molecule has 172 valence electrons. The first-order chi connectivity index (χ1) is 15.2. The van der Waals surface area contributed by atoms with Crippen molar-refractivity contribution >= 4 is 17.9 Å². The lowest BCUT2D eigenvalue weighted by Crippen LogP contribution is -2.53. The summed E-state index contributed by atoms with van der Waals surface area (Å²) in [6.07, 6.45) is 1.88. The molecule has 0 spiro atoms. The number of fused-ring (bicyclic) bond motifs is 1.